The Kier molecular flexibility index (Phi) is 4.60. The van der Waals surface area contributed by atoms with Crippen LogP contribution in [-0.2, 0) is 5.88 Å². The summed E-state index contributed by atoms with van der Waals surface area (Å²) in [4.78, 5) is 8.14. The molecule has 1 heterocycles. The average Bonchev–Trinajstić information content (AvgIpc) is 2.36. The first-order chi connectivity index (χ1) is 9.01. The molecule has 0 N–H and O–H groups in total. The number of nitrogens with zero attached hydrogens (tertiary/aromatic N) is 2. The molecule has 0 amide bonds. The largest absolute Gasteiger partial charge is 0.437 e. The smallest absolute Gasteiger partial charge is 0.227 e. The number of rotatable bonds is 3. The van der Waals surface area contributed by atoms with Gasteiger partial charge in [-0.05, 0) is 28.9 Å². The molecule has 0 bridgehead atoms. The first kappa shape index (κ1) is 14.5. The van der Waals surface area contributed by atoms with Crippen molar-refractivity contribution in [3.63, 3.8) is 0 Å². The minimum Gasteiger partial charge on any atom is -0.437 e. The molecule has 0 radical (unpaired) electrons. The normalized spacial score (nSPS) is 10.6. The fraction of sp³-hybridized carbons (Fsp3) is 0.167. The SMILES string of the molecule is Cc1ncc(CCl)c(Oc2cc(F)c(Br)cc2Cl)n1. The third kappa shape index (κ3) is 3.35. The molecule has 0 unspecified atom stereocenters. The summed E-state index contributed by atoms with van der Waals surface area (Å²) in [5.41, 5.74) is 0.603. The van der Waals surface area contributed by atoms with Crippen LogP contribution in [0.3, 0.4) is 0 Å². The summed E-state index contributed by atoms with van der Waals surface area (Å²) >= 11 is 14.8. The topological polar surface area (TPSA) is 35.0 Å². The van der Waals surface area contributed by atoms with E-state index in [0.717, 1.165) is 0 Å². The lowest BCUT2D eigenvalue weighted by atomic mass is 10.3. The second kappa shape index (κ2) is 6.03. The van der Waals surface area contributed by atoms with E-state index >= 15 is 0 Å². The average molecular weight is 366 g/mol. The Labute approximate surface area is 127 Å². The molecule has 0 aliphatic rings. The monoisotopic (exact) mass is 364 g/mol. The molecule has 2 aromatic rings. The van der Waals surface area contributed by atoms with Gasteiger partial charge in [0.15, 0.2) is 5.75 Å². The maximum Gasteiger partial charge on any atom is 0.227 e. The molecule has 7 heteroatoms. The third-order valence-corrected chi connectivity index (χ3v) is 3.46. The molecule has 3 nitrogen and oxygen atoms in total. The van der Waals surface area contributed by atoms with Crippen molar-refractivity contribution in [1.29, 1.82) is 0 Å². The minimum atomic E-state index is -0.474. The van der Waals surface area contributed by atoms with Gasteiger partial charge in [0.2, 0.25) is 5.88 Å². The first-order valence-corrected chi connectivity index (χ1v) is 6.92. The summed E-state index contributed by atoms with van der Waals surface area (Å²) in [6, 6.07) is 2.60. The quantitative estimate of drug-likeness (QED) is 0.574. The number of benzene rings is 1. The molecule has 2 rings (SSSR count). The highest BCUT2D eigenvalue weighted by atomic mass is 79.9. The number of alkyl halides is 1. The van der Waals surface area contributed by atoms with Gasteiger partial charge >= 0.3 is 0 Å². The number of ether oxygens (including phenoxy) is 1. The Morgan fingerprint density at radius 1 is 1.42 bits per heavy atom. The lowest BCUT2D eigenvalue weighted by Gasteiger charge is -2.10. The predicted octanol–water partition coefficient (Wildman–Crippen LogP) is 4.87. The maximum absolute atomic E-state index is 13.5. The van der Waals surface area contributed by atoms with E-state index in [1.807, 2.05) is 0 Å². The van der Waals surface area contributed by atoms with Crippen LogP contribution in [0.25, 0.3) is 0 Å². The second-order valence-electron chi connectivity index (χ2n) is 3.68. The van der Waals surface area contributed by atoms with E-state index in [-0.39, 0.29) is 27.0 Å². The highest BCUT2D eigenvalue weighted by Crippen LogP contribution is 2.34. The van der Waals surface area contributed by atoms with Crippen LogP contribution in [0.4, 0.5) is 4.39 Å². The van der Waals surface area contributed by atoms with Crippen LogP contribution in [0.15, 0.2) is 22.8 Å². The standard InChI is InChI=1S/C12H8BrCl2FN2O/c1-6-17-5-7(4-14)12(18-6)19-11-3-10(16)8(13)2-9(11)15/h2-3,5H,4H2,1H3. The van der Waals surface area contributed by atoms with Crippen LogP contribution in [0.5, 0.6) is 11.6 Å². The Morgan fingerprint density at radius 3 is 2.84 bits per heavy atom. The molecule has 19 heavy (non-hydrogen) atoms. The van der Waals surface area contributed by atoms with Gasteiger partial charge in [0.25, 0.3) is 0 Å². The first-order valence-electron chi connectivity index (χ1n) is 5.22. The highest BCUT2D eigenvalue weighted by Gasteiger charge is 2.12. The lowest BCUT2D eigenvalue weighted by Crippen LogP contribution is -1.98. The van der Waals surface area contributed by atoms with Gasteiger partial charge in [-0.15, -0.1) is 11.6 Å². The van der Waals surface area contributed by atoms with E-state index in [0.29, 0.717) is 11.4 Å². The lowest BCUT2D eigenvalue weighted by molar-refractivity contribution is 0.450. The van der Waals surface area contributed by atoms with E-state index in [2.05, 4.69) is 25.9 Å². The van der Waals surface area contributed by atoms with E-state index in [9.17, 15) is 4.39 Å². The van der Waals surface area contributed by atoms with Gasteiger partial charge in [-0.1, -0.05) is 11.6 Å². The van der Waals surface area contributed by atoms with Crippen molar-refractivity contribution in [2.24, 2.45) is 0 Å². The van der Waals surface area contributed by atoms with Crippen molar-refractivity contribution >= 4 is 39.1 Å². The molecule has 1 aromatic heterocycles. The molecule has 100 valence electrons. The van der Waals surface area contributed by atoms with E-state index < -0.39 is 5.82 Å². The summed E-state index contributed by atoms with van der Waals surface area (Å²) in [7, 11) is 0. The van der Waals surface area contributed by atoms with Crippen LogP contribution in [0.1, 0.15) is 11.4 Å². The van der Waals surface area contributed by atoms with Crippen LogP contribution in [0, 0.1) is 12.7 Å². The van der Waals surface area contributed by atoms with Crippen LogP contribution in [-0.4, -0.2) is 9.97 Å². The van der Waals surface area contributed by atoms with Gasteiger partial charge in [-0.3, -0.25) is 0 Å². The molecule has 1 aromatic carbocycles. The molecule has 0 aliphatic heterocycles. The van der Waals surface area contributed by atoms with Crippen molar-refractivity contribution in [2.45, 2.75) is 12.8 Å². The van der Waals surface area contributed by atoms with E-state index in [4.69, 9.17) is 27.9 Å². The fourth-order valence-corrected chi connectivity index (χ4v) is 2.20. The van der Waals surface area contributed by atoms with E-state index in [1.165, 1.54) is 12.1 Å². The molecule has 0 fully saturated rings. The number of halogens is 4. The Balaban J connectivity index is 2.41. The number of hydrogen-bond acceptors (Lipinski definition) is 3. The van der Waals surface area contributed by atoms with Crippen molar-refractivity contribution in [3.8, 4) is 11.6 Å². The van der Waals surface area contributed by atoms with Crippen molar-refractivity contribution in [3.05, 3.63) is 45.0 Å². The highest BCUT2D eigenvalue weighted by molar-refractivity contribution is 9.10. The van der Waals surface area contributed by atoms with Gasteiger partial charge in [0.05, 0.1) is 15.4 Å². The summed E-state index contributed by atoms with van der Waals surface area (Å²) in [5.74, 6) is 0.680. The zero-order chi connectivity index (χ0) is 14.0. The molecule has 0 spiro atoms. The number of aryl methyl sites for hydroxylation is 1. The van der Waals surface area contributed by atoms with Gasteiger partial charge < -0.3 is 4.74 Å². The number of hydrogen-bond donors (Lipinski definition) is 0. The molecule has 0 aliphatic carbocycles. The Bertz CT molecular complexity index is 625. The Hall–Kier alpha value is -0.910. The van der Waals surface area contributed by atoms with Crippen molar-refractivity contribution < 1.29 is 9.13 Å². The van der Waals surface area contributed by atoms with Gasteiger partial charge in [0.1, 0.15) is 11.6 Å². The minimum absolute atomic E-state index is 0.173. The molecule has 0 atom stereocenters. The van der Waals surface area contributed by atoms with Crippen LogP contribution < -0.4 is 4.74 Å². The summed E-state index contributed by atoms with van der Waals surface area (Å²) in [5, 5.41) is 0.269. The molecular weight excluding hydrogens is 358 g/mol. The molecule has 0 saturated heterocycles. The number of aromatic nitrogens is 2. The Morgan fingerprint density at radius 2 is 2.16 bits per heavy atom. The van der Waals surface area contributed by atoms with Crippen molar-refractivity contribution in [2.75, 3.05) is 0 Å². The maximum atomic E-state index is 13.5. The van der Waals surface area contributed by atoms with Crippen LogP contribution >= 0.6 is 39.1 Å². The second-order valence-corrected chi connectivity index (χ2v) is 5.21. The zero-order valence-corrected chi connectivity index (χ0v) is 12.9. The zero-order valence-electron chi connectivity index (χ0n) is 9.75. The van der Waals surface area contributed by atoms with Gasteiger partial charge in [-0.2, -0.15) is 4.98 Å². The predicted molar refractivity (Wildman–Crippen MR) is 75.5 cm³/mol. The van der Waals surface area contributed by atoms with Crippen LogP contribution in [0.2, 0.25) is 5.02 Å². The summed E-state index contributed by atoms with van der Waals surface area (Å²) < 4.78 is 19.3. The molecule has 0 saturated carbocycles. The fourth-order valence-electron chi connectivity index (χ4n) is 1.34. The van der Waals surface area contributed by atoms with Gasteiger partial charge in [0, 0.05) is 17.8 Å². The summed E-state index contributed by atoms with van der Waals surface area (Å²) in [6.07, 6.45) is 1.56. The molecular formula is C12H8BrCl2FN2O. The third-order valence-electron chi connectivity index (χ3n) is 2.27. The van der Waals surface area contributed by atoms with Crippen molar-refractivity contribution in [1.82, 2.24) is 9.97 Å². The van der Waals surface area contributed by atoms with Gasteiger partial charge in [-0.25, -0.2) is 9.37 Å². The summed E-state index contributed by atoms with van der Waals surface area (Å²) in [6.45, 7) is 1.72. The van der Waals surface area contributed by atoms with E-state index in [1.54, 1.807) is 13.1 Å².